The molecule has 7 heteroatoms. The highest BCUT2D eigenvalue weighted by Gasteiger charge is 2.35. The van der Waals surface area contributed by atoms with E-state index < -0.39 is 24.5 Å². The van der Waals surface area contributed by atoms with Crippen LogP contribution < -0.4 is 4.74 Å². The van der Waals surface area contributed by atoms with E-state index >= 15 is 0 Å². The first kappa shape index (κ1) is 16.8. The molecule has 0 saturated heterocycles. The number of carbonyl (C=O) groups is 3. The number of hydrogen-bond donors (Lipinski definition) is 0. The lowest BCUT2D eigenvalue weighted by atomic mass is 10.1. The van der Waals surface area contributed by atoms with Gasteiger partial charge in [-0.3, -0.25) is 14.4 Å². The lowest BCUT2D eigenvalue weighted by Crippen LogP contribution is -2.33. The Bertz CT molecular complexity index is 1030. The number of esters is 1. The molecule has 4 rings (SSSR count). The van der Waals surface area contributed by atoms with Crippen LogP contribution in [0.1, 0.15) is 26.3 Å². The van der Waals surface area contributed by atoms with Crippen LogP contribution in [0.25, 0.3) is 11.0 Å². The first-order chi connectivity index (χ1) is 13.1. The van der Waals surface area contributed by atoms with Crippen molar-refractivity contribution in [2.45, 2.75) is 6.42 Å². The number of rotatable bonds is 5. The minimum Gasteiger partial charge on any atom is -0.497 e. The lowest BCUT2D eigenvalue weighted by Gasteiger charge is -2.13. The number of hydrogen-bond acceptors (Lipinski definition) is 6. The summed E-state index contributed by atoms with van der Waals surface area (Å²) in [6, 6.07) is 11.8. The zero-order valence-corrected chi connectivity index (χ0v) is 14.4. The molecule has 0 saturated carbocycles. The maximum atomic E-state index is 12.3. The summed E-state index contributed by atoms with van der Waals surface area (Å²) in [5.74, 6) is -0.852. The molecule has 0 atom stereocenters. The Morgan fingerprint density at radius 1 is 1.07 bits per heavy atom. The molecule has 136 valence electrons. The molecule has 27 heavy (non-hydrogen) atoms. The third-order valence-electron chi connectivity index (χ3n) is 4.43. The van der Waals surface area contributed by atoms with Crippen molar-refractivity contribution in [3.8, 4) is 5.75 Å². The second-order valence-corrected chi connectivity index (χ2v) is 6.03. The van der Waals surface area contributed by atoms with Crippen molar-refractivity contribution in [2.75, 3.05) is 13.8 Å². The first-order valence-electron chi connectivity index (χ1n) is 8.23. The van der Waals surface area contributed by atoms with Gasteiger partial charge in [-0.2, -0.15) is 0 Å². The van der Waals surface area contributed by atoms with Crippen molar-refractivity contribution in [2.24, 2.45) is 0 Å². The number of amides is 2. The zero-order valence-electron chi connectivity index (χ0n) is 14.4. The summed E-state index contributed by atoms with van der Waals surface area (Å²) < 4.78 is 15.7. The van der Waals surface area contributed by atoms with Gasteiger partial charge in [-0.05, 0) is 24.3 Å². The predicted octanol–water partition coefficient (Wildman–Crippen LogP) is 2.78. The van der Waals surface area contributed by atoms with Crippen molar-refractivity contribution in [3.63, 3.8) is 0 Å². The molecule has 0 fully saturated rings. The Morgan fingerprint density at radius 3 is 2.44 bits per heavy atom. The number of fused-ring (bicyclic) bond motifs is 2. The molecule has 0 radical (unpaired) electrons. The highest BCUT2D eigenvalue weighted by atomic mass is 16.5. The summed E-state index contributed by atoms with van der Waals surface area (Å²) in [5.41, 5.74) is 1.87. The van der Waals surface area contributed by atoms with Crippen LogP contribution in [0.3, 0.4) is 0 Å². The van der Waals surface area contributed by atoms with Crippen molar-refractivity contribution >= 4 is 28.8 Å². The van der Waals surface area contributed by atoms with E-state index in [1.165, 1.54) is 6.26 Å². The van der Waals surface area contributed by atoms with E-state index in [0.29, 0.717) is 28.0 Å². The summed E-state index contributed by atoms with van der Waals surface area (Å²) in [7, 11) is 1.56. The zero-order chi connectivity index (χ0) is 19.0. The van der Waals surface area contributed by atoms with E-state index in [9.17, 15) is 14.4 Å². The van der Waals surface area contributed by atoms with Crippen LogP contribution in [0.2, 0.25) is 0 Å². The fourth-order valence-electron chi connectivity index (χ4n) is 3.03. The number of benzene rings is 2. The van der Waals surface area contributed by atoms with Crippen molar-refractivity contribution in [3.05, 3.63) is 65.4 Å². The van der Waals surface area contributed by atoms with Gasteiger partial charge in [-0.25, -0.2) is 4.90 Å². The third kappa shape index (κ3) is 2.93. The van der Waals surface area contributed by atoms with Crippen molar-refractivity contribution in [1.29, 1.82) is 0 Å². The molecular weight excluding hydrogens is 350 g/mol. The molecule has 0 bridgehead atoms. The Labute approximate surface area is 154 Å². The Balaban J connectivity index is 1.42. The van der Waals surface area contributed by atoms with Gasteiger partial charge in [0.2, 0.25) is 0 Å². The summed E-state index contributed by atoms with van der Waals surface area (Å²) in [4.78, 5) is 37.6. The Hall–Kier alpha value is -3.61. The lowest BCUT2D eigenvalue weighted by molar-refractivity contribution is -0.145. The highest BCUT2D eigenvalue weighted by molar-refractivity contribution is 6.21. The molecule has 0 N–H and O–H groups in total. The van der Waals surface area contributed by atoms with E-state index in [1.807, 2.05) is 0 Å². The molecule has 1 aliphatic heterocycles. The molecule has 1 aliphatic rings. The minimum atomic E-state index is -0.565. The van der Waals surface area contributed by atoms with Crippen LogP contribution in [0.15, 0.2) is 53.1 Å². The number of ether oxygens (including phenoxy) is 2. The van der Waals surface area contributed by atoms with Gasteiger partial charge in [0, 0.05) is 17.0 Å². The number of methoxy groups -OCH3 is 1. The summed E-state index contributed by atoms with van der Waals surface area (Å²) in [6.07, 6.45) is 1.44. The fraction of sp³-hybridized carbons (Fsp3) is 0.150. The van der Waals surface area contributed by atoms with E-state index in [0.717, 1.165) is 10.3 Å². The van der Waals surface area contributed by atoms with Gasteiger partial charge < -0.3 is 13.9 Å². The highest BCUT2D eigenvalue weighted by Crippen LogP contribution is 2.26. The van der Waals surface area contributed by atoms with E-state index in [1.54, 1.807) is 49.6 Å². The smallest absolute Gasteiger partial charge is 0.312 e. The maximum absolute atomic E-state index is 12.3. The summed E-state index contributed by atoms with van der Waals surface area (Å²) in [5, 5.41) is 0.772. The molecule has 2 aromatic carbocycles. The molecule has 0 spiro atoms. The topological polar surface area (TPSA) is 86.0 Å². The minimum absolute atomic E-state index is 0.0392. The van der Waals surface area contributed by atoms with E-state index in [-0.39, 0.29) is 6.42 Å². The molecule has 2 amide bonds. The largest absolute Gasteiger partial charge is 0.497 e. The SMILES string of the molecule is COc1ccc2c(CC(=O)OCN3C(=O)c4ccccc4C3=O)coc2c1. The van der Waals surface area contributed by atoms with Crippen LogP contribution in [-0.4, -0.2) is 36.5 Å². The summed E-state index contributed by atoms with van der Waals surface area (Å²) in [6.45, 7) is -0.422. The molecule has 2 heterocycles. The van der Waals surface area contributed by atoms with Crippen LogP contribution in [0.5, 0.6) is 5.75 Å². The van der Waals surface area contributed by atoms with Gasteiger partial charge >= 0.3 is 5.97 Å². The monoisotopic (exact) mass is 365 g/mol. The normalized spacial score (nSPS) is 13.1. The number of furan rings is 1. The first-order valence-corrected chi connectivity index (χ1v) is 8.23. The molecule has 0 aliphatic carbocycles. The standard InChI is InChI=1S/C20H15NO6/c1-25-13-6-7-14-12(10-26-17(14)9-13)8-18(22)27-11-21-19(23)15-4-2-3-5-16(15)20(21)24/h2-7,9-10H,8,11H2,1H3. The quantitative estimate of drug-likeness (QED) is 0.510. The van der Waals surface area contributed by atoms with Crippen LogP contribution >= 0.6 is 0 Å². The van der Waals surface area contributed by atoms with Gasteiger partial charge in [-0.1, -0.05) is 12.1 Å². The second-order valence-electron chi connectivity index (χ2n) is 6.03. The molecule has 7 nitrogen and oxygen atoms in total. The van der Waals surface area contributed by atoms with Gasteiger partial charge in [0.25, 0.3) is 11.8 Å². The van der Waals surface area contributed by atoms with Gasteiger partial charge in [0.05, 0.1) is 30.9 Å². The predicted molar refractivity (Wildman–Crippen MR) is 94.4 cm³/mol. The molecular formula is C20H15NO6. The number of imide groups is 1. The van der Waals surface area contributed by atoms with Crippen molar-refractivity contribution < 1.29 is 28.3 Å². The van der Waals surface area contributed by atoms with Crippen LogP contribution in [0.4, 0.5) is 0 Å². The fourth-order valence-corrected chi connectivity index (χ4v) is 3.03. The number of nitrogens with zero attached hydrogens (tertiary/aromatic N) is 1. The Kier molecular flexibility index (Phi) is 4.12. The maximum Gasteiger partial charge on any atom is 0.312 e. The van der Waals surface area contributed by atoms with Gasteiger partial charge in [0.15, 0.2) is 6.73 Å². The second kappa shape index (κ2) is 6.60. The average molecular weight is 365 g/mol. The number of carbonyl (C=O) groups excluding carboxylic acids is 3. The van der Waals surface area contributed by atoms with Crippen molar-refractivity contribution in [1.82, 2.24) is 4.90 Å². The molecule has 1 aromatic heterocycles. The third-order valence-corrected chi connectivity index (χ3v) is 4.43. The molecule has 0 unspecified atom stereocenters. The Morgan fingerprint density at radius 2 is 1.78 bits per heavy atom. The van der Waals surface area contributed by atoms with Gasteiger partial charge in [0.1, 0.15) is 11.3 Å². The van der Waals surface area contributed by atoms with E-state index in [4.69, 9.17) is 13.9 Å². The average Bonchev–Trinajstić information content (AvgIpc) is 3.19. The molecule has 3 aromatic rings. The van der Waals surface area contributed by atoms with Crippen LogP contribution in [0, 0.1) is 0 Å². The summed E-state index contributed by atoms with van der Waals surface area (Å²) >= 11 is 0. The van der Waals surface area contributed by atoms with Gasteiger partial charge in [-0.15, -0.1) is 0 Å². The van der Waals surface area contributed by atoms with E-state index in [2.05, 4.69) is 0 Å². The van der Waals surface area contributed by atoms with Crippen LogP contribution in [-0.2, 0) is 16.0 Å².